The second kappa shape index (κ2) is 5.61. The van der Waals surface area contributed by atoms with Gasteiger partial charge in [-0.25, -0.2) is 4.79 Å². The predicted molar refractivity (Wildman–Crippen MR) is 78.3 cm³/mol. The van der Waals surface area contributed by atoms with Gasteiger partial charge in [-0.3, -0.25) is 4.18 Å². The minimum absolute atomic E-state index is 0.218. The topological polar surface area (TPSA) is 107 Å². The summed E-state index contributed by atoms with van der Waals surface area (Å²) in [7, 11) is -3.88. The first-order chi connectivity index (χ1) is 10.9. The molecule has 0 unspecified atom stereocenters. The van der Waals surface area contributed by atoms with Crippen LogP contribution in [0.5, 0.6) is 0 Å². The van der Waals surface area contributed by atoms with Gasteiger partial charge in [0.2, 0.25) is 6.10 Å². The lowest BCUT2D eigenvalue weighted by Crippen LogP contribution is -2.59. The summed E-state index contributed by atoms with van der Waals surface area (Å²) >= 11 is 0. The second-order valence-corrected chi connectivity index (χ2v) is 8.66. The molecule has 0 radical (unpaired) electrons. The van der Waals surface area contributed by atoms with Crippen LogP contribution in [0.3, 0.4) is 0 Å². The summed E-state index contributed by atoms with van der Waals surface area (Å²) in [6.45, 7) is 7.05. The molecule has 0 aliphatic carbocycles. The molecule has 0 aromatic carbocycles. The lowest BCUT2D eigenvalue weighted by atomic mass is 9.96. The molecule has 3 fully saturated rings. The molecule has 3 aliphatic rings. The number of carbonyl (C=O) groups excluding carboxylic acids is 1. The third-order valence-corrected chi connectivity index (χ3v) is 4.50. The minimum Gasteiger partial charge on any atom is -0.455 e. The van der Waals surface area contributed by atoms with Gasteiger partial charge in [-0.2, -0.15) is 8.42 Å². The zero-order valence-electron chi connectivity index (χ0n) is 14.2. The molecule has 3 aliphatic heterocycles. The molecule has 0 aromatic rings. The molecule has 5 atom stereocenters. The monoisotopic (exact) mass is 366 g/mol. The average molecular weight is 366 g/mol. The van der Waals surface area contributed by atoms with E-state index in [1.165, 1.54) is 0 Å². The quantitative estimate of drug-likeness (QED) is 0.501. The molecule has 0 aromatic heterocycles. The van der Waals surface area contributed by atoms with Crippen LogP contribution in [0.15, 0.2) is 0 Å². The van der Waals surface area contributed by atoms with E-state index in [0.29, 0.717) is 0 Å². The van der Waals surface area contributed by atoms with Crippen LogP contribution in [0, 0.1) is 0 Å². The average Bonchev–Trinajstić information content (AvgIpc) is 2.90. The van der Waals surface area contributed by atoms with Crippen LogP contribution in [0.4, 0.5) is 0 Å². The van der Waals surface area contributed by atoms with Gasteiger partial charge in [0.25, 0.3) is 10.1 Å². The first kappa shape index (κ1) is 18.0. The van der Waals surface area contributed by atoms with E-state index in [2.05, 4.69) is 0 Å². The number of ether oxygens (including phenoxy) is 5. The van der Waals surface area contributed by atoms with Crippen molar-refractivity contribution in [3.63, 3.8) is 0 Å². The lowest BCUT2D eigenvalue weighted by molar-refractivity contribution is -0.206. The van der Waals surface area contributed by atoms with Crippen LogP contribution in [-0.4, -0.2) is 69.3 Å². The SMILES string of the molecule is CC1(C)O[C@@H]2[C@H](O1)[C@H](OS(C)(=O)=O)C(=O)O[C@@H]2[C@H]1COC(C)(C)O1. The Morgan fingerprint density at radius 2 is 1.62 bits per heavy atom. The third kappa shape index (κ3) is 3.58. The Morgan fingerprint density at radius 3 is 2.17 bits per heavy atom. The zero-order valence-corrected chi connectivity index (χ0v) is 15.0. The highest BCUT2D eigenvalue weighted by Crippen LogP contribution is 2.40. The Bertz CT molecular complexity index is 626. The Labute approximate surface area is 140 Å². The van der Waals surface area contributed by atoms with E-state index in [1.54, 1.807) is 27.7 Å². The summed E-state index contributed by atoms with van der Waals surface area (Å²) in [4.78, 5) is 12.3. The van der Waals surface area contributed by atoms with E-state index < -0.39 is 58.2 Å². The number of hydrogen-bond donors (Lipinski definition) is 0. The molecule has 9 nitrogen and oxygen atoms in total. The minimum atomic E-state index is -3.88. The van der Waals surface area contributed by atoms with E-state index in [-0.39, 0.29) is 6.61 Å². The summed E-state index contributed by atoms with van der Waals surface area (Å²) in [6.07, 6.45) is -3.55. The van der Waals surface area contributed by atoms with Crippen LogP contribution >= 0.6 is 0 Å². The van der Waals surface area contributed by atoms with Crippen molar-refractivity contribution < 1.29 is 41.1 Å². The highest BCUT2D eigenvalue weighted by molar-refractivity contribution is 7.86. The molecule has 0 bridgehead atoms. The van der Waals surface area contributed by atoms with Gasteiger partial charge in [0.1, 0.15) is 18.3 Å². The Hall–Kier alpha value is -0.780. The first-order valence-electron chi connectivity index (χ1n) is 7.63. The number of esters is 1. The maximum absolute atomic E-state index is 12.3. The van der Waals surface area contributed by atoms with E-state index in [1.807, 2.05) is 0 Å². The highest BCUT2D eigenvalue weighted by Gasteiger charge is 2.60. The standard InChI is InChI=1S/C14H22O9S/c1-13(2)18-6-7(20-13)8-9-10(22-14(3,4)21-9)11(12(15)19-8)23-24(5,16)17/h7-11H,6H2,1-5H3/t7-,8-,9+,10+,11+/m1/s1. The normalized spacial score (nSPS) is 41.0. The summed E-state index contributed by atoms with van der Waals surface area (Å²) in [5.41, 5.74) is 0. The van der Waals surface area contributed by atoms with E-state index in [9.17, 15) is 13.2 Å². The van der Waals surface area contributed by atoms with Crippen LogP contribution in [0.2, 0.25) is 0 Å². The van der Waals surface area contributed by atoms with Gasteiger partial charge in [-0.15, -0.1) is 0 Å². The van der Waals surface area contributed by atoms with Gasteiger partial charge >= 0.3 is 5.97 Å². The Morgan fingerprint density at radius 1 is 1.00 bits per heavy atom. The van der Waals surface area contributed by atoms with Gasteiger partial charge in [-0.1, -0.05) is 0 Å². The van der Waals surface area contributed by atoms with Crippen LogP contribution in [0.25, 0.3) is 0 Å². The number of carbonyl (C=O) groups is 1. The van der Waals surface area contributed by atoms with Crippen molar-refractivity contribution in [2.45, 2.75) is 69.8 Å². The van der Waals surface area contributed by atoms with Crippen molar-refractivity contribution in [1.82, 2.24) is 0 Å². The Balaban J connectivity index is 1.86. The van der Waals surface area contributed by atoms with Crippen molar-refractivity contribution in [3.8, 4) is 0 Å². The molecule has 3 heterocycles. The molecule has 0 amide bonds. The summed E-state index contributed by atoms with van der Waals surface area (Å²) in [6, 6.07) is 0. The van der Waals surface area contributed by atoms with E-state index in [4.69, 9.17) is 27.9 Å². The molecule has 0 saturated carbocycles. The summed E-state index contributed by atoms with van der Waals surface area (Å²) in [5, 5.41) is 0. The fraction of sp³-hybridized carbons (Fsp3) is 0.929. The number of cyclic esters (lactones) is 1. The van der Waals surface area contributed by atoms with Crippen molar-refractivity contribution >= 4 is 16.1 Å². The molecule has 3 saturated heterocycles. The second-order valence-electron chi connectivity index (χ2n) is 7.05. The third-order valence-electron chi connectivity index (χ3n) is 3.95. The number of rotatable bonds is 3. The summed E-state index contributed by atoms with van der Waals surface area (Å²) in [5.74, 6) is -2.65. The largest absolute Gasteiger partial charge is 0.455 e. The predicted octanol–water partition coefficient (Wildman–Crippen LogP) is -0.0718. The fourth-order valence-corrected chi connectivity index (χ4v) is 3.72. The van der Waals surface area contributed by atoms with Crippen LogP contribution in [0.1, 0.15) is 27.7 Å². The maximum atomic E-state index is 12.3. The molecular weight excluding hydrogens is 344 g/mol. The molecule has 24 heavy (non-hydrogen) atoms. The highest BCUT2D eigenvalue weighted by atomic mass is 32.2. The molecule has 3 rings (SSSR count). The van der Waals surface area contributed by atoms with Gasteiger partial charge in [0.05, 0.1) is 12.9 Å². The smallest absolute Gasteiger partial charge is 0.340 e. The molecule has 0 N–H and O–H groups in total. The zero-order chi connectivity index (χ0) is 17.9. The van der Waals surface area contributed by atoms with Gasteiger partial charge in [0.15, 0.2) is 17.7 Å². The van der Waals surface area contributed by atoms with Gasteiger partial charge in [0, 0.05) is 0 Å². The molecular formula is C14H22O9S. The van der Waals surface area contributed by atoms with Gasteiger partial charge in [-0.05, 0) is 27.7 Å². The maximum Gasteiger partial charge on any atom is 0.340 e. The number of hydrogen-bond acceptors (Lipinski definition) is 9. The fourth-order valence-electron chi connectivity index (χ4n) is 3.15. The van der Waals surface area contributed by atoms with Crippen LogP contribution in [-0.2, 0) is 42.8 Å². The van der Waals surface area contributed by atoms with Crippen molar-refractivity contribution in [2.75, 3.05) is 12.9 Å². The number of fused-ring (bicyclic) bond motifs is 1. The van der Waals surface area contributed by atoms with E-state index in [0.717, 1.165) is 6.26 Å². The summed E-state index contributed by atoms with van der Waals surface area (Å²) < 4.78 is 56.0. The van der Waals surface area contributed by atoms with E-state index >= 15 is 0 Å². The Kier molecular flexibility index (Phi) is 4.22. The van der Waals surface area contributed by atoms with Crippen molar-refractivity contribution in [3.05, 3.63) is 0 Å². The van der Waals surface area contributed by atoms with Crippen molar-refractivity contribution in [1.29, 1.82) is 0 Å². The first-order valence-corrected chi connectivity index (χ1v) is 9.45. The molecule has 138 valence electrons. The van der Waals surface area contributed by atoms with Crippen LogP contribution < -0.4 is 0 Å². The van der Waals surface area contributed by atoms with Crippen molar-refractivity contribution in [2.24, 2.45) is 0 Å². The molecule has 0 spiro atoms. The van der Waals surface area contributed by atoms with Gasteiger partial charge < -0.3 is 23.7 Å². The molecule has 10 heteroatoms. The lowest BCUT2D eigenvalue weighted by Gasteiger charge is -2.37.